The molecular formula is C49H37N. The topological polar surface area (TPSA) is 3.24 Å². The predicted octanol–water partition coefficient (Wildman–Crippen LogP) is 13.6. The molecule has 1 aliphatic carbocycles. The van der Waals surface area contributed by atoms with Crippen molar-refractivity contribution in [2.45, 2.75) is 19.3 Å². The van der Waals surface area contributed by atoms with Gasteiger partial charge in [-0.25, -0.2) is 0 Å². The minimum Gasteiger partial charge on any atom is -0.311 e. The first-order chi connectivity index (χ1) is 24.6. The van der Waals surface area contributed by atoms with Crippen molar-refractivity contribution in [3.05, 3.63) is 199 Å². The maximum absolute atomic E-state index is 2.44. The first-order valence-corrected chi connectivity index (χ1v) is 17.4. The maximum atomic E-state index is 2.44. The summed E-state index contributed by atoms with van der Waals surface area (Å²) in [6.07, 6.45) is 0. The summed E-state index contributed by atoms with van der Waals surface area (Å²) in [5.74, 6) is 0. The lowest BCUT2D eigenvalue weighted by atomic mass is 9.67. The molecule has 9 rings (SSSR count). The van der Waals surface area contributed by atoms with E-state index >= 15 is 0 Å². The van der Waals surface area contributed by atoms with Gasteiger partial charge in [-0.15, -0.1) is 0 Å². The molecule has 8 aromatic carbocycles. The van der Waals surface area contributed by atoms with Crippen LogP contribution < -0.4 is 4.90 Å². The molecule has 1 aliphatic rings. The van der Waals surface area contributed by atoms with E-state index in [1.807, 2.05) is 0 Å². The Labute approximate surface area is 294 Å². The van der Waals surface area contributed by atoms with Crippen molar-refractivity contribution in [2.24, 2.45) is 0 Å². The molecule has 0 N–H and O–H groups in total. The van der Waals surface area contributed by atoms with Gasteiger partial charge >= 0.3 is 0 Å². The van der Waals surface area contributed by atoms with Crippen molar-refractivity contribution in [3.8, 4) is 44.5 Å². The lowest BCUT2D eigenvalue weighted by Crippen LogP contribution is -2.24. The Morgan fingerprint density at radius 1 is 0.360 bits per heavy atom. The summed E-state index contributed by atoms with van der Waals surface area (Å²) in [7, 11) is 0. The van der Waals surface area contributed by atoms with Crippen molar-refractivity contribution in [2.75, 3.05) is 4.90 Å². The van der Waals surface area contributed by atoms with E-state index in [1.54, 1.807) is 0 Å². The Morgan fingerprint density at radius 3 is 1.50 bits per heavy atom. The summed E-state index contributed by atoms with van der Waals surface area (Å²) in [5.41, 5.74) is 16.1. The Hall–Kier alpha value is -6.18. The van der Waals surface area contributed by atoms with E-state index in [0.29, 0.717) is 0 Å². The number of hydrogen-bond donors (Lipinski definition) is 0. The smallest absolute Gasteiger partial charge is 0.0462 e. The van der Waals surface area contributed by atoms with Gasteiger partial charge < -0.3 is 4.90 Å². The average Bonchev–Trinajstić information content (AvgIpc) is 3.18. The lowest BCUT2D eigenvalue weighted by molar-refractivity contribution is 0.645. The first-order valence-electron chi connectivity index (χ1n) is 17.4. The number of para-hydroxylation sites is 1. The molecule has 0 heterocycles. The van der Waals surface area contributed by atoms with Gasteiger partial charge in [0.25, 0.3) is 0 Å². The summed E-state index contributed by atoms with van der Waals surface area (Å²) in [6, 6.07) is 68.4. The molecular weight excluding hydrogens is 603 g/mol. The number of anilines is 3. The molecule has 0 aromatic heterocycles. The Balaban J connectivity index is 1.12. The summed E-state index contributed by atoms with van der Waals surface area (Å²) in [6.45, 7) is 4.76. The van der Waals surface area contributed by atoms with Crippen LogP contribution >= 0.6 is 0 Å². The van der Waals surface area contributed by atoms with E-state index in [0.717, 1.165) is 17.1 Å². The maximum Gasteiger partial charge on any atom is 0.0462 e. The second-order valence-corrected chi connectivity index (χ2v) is 13.8. The van der Waals surface area contributed by atoms with Crippen LogP contribution in [0.2, 0.25) is 0 Å². The molecule has 50 heavy (non-hydrogen) atoms. The molecule has 8 aromatic rings. The molecule has 0 amide bonds. The number of fused-ring (bicyclic) bond motifs is 2. The fourth-order valence-electron chi connectivity index (χ4n) is 7.90. The molecule has 238 valence electrons. The van der Waals surface area contributed by atoms with Crippen LogP contribution in [-0.4, -0.2) is 0 Å². The van der Waals surface area contributed by atoms with Crippen molar-refractivity contribution in [1.82, 2.24) is 0 Å². The molecule has 0 unspecified atom stereocenters. The van der Waals surface area contributed by atoms with Gasteiger partial charge in [-0.05, 0) is 109 Å². The molecule has 1 nitrogen and oxygen atoms in total. The van der Waals surface area contributed by atoms with Crippen LogP contribution in [0.15, 0.2) is 188 Å². The highest BCUT2D eigenvalue weighted by molar-refractivity contribution is 6.09. The van der Waals surface area contributed by atoms with Crippen LogP contribution in [0.25, 0.3) is 55.3 Å². The van der Waals surface area contributed by atoms with Gasteiger partial charge in [0.1, 0.15) is 0 Å². The predicted molar refractivity (Wildman–Crippen MR) is 213 cm³/mol. The van der Waals surface area contributed by atoms with Crippen molar-refractivity contribution < 1.29 is 0 Å². The van der Waals surface area contributed by atoms with Crippen LogP contribution in [0.4, 0.5) is 17.1 Å². The van der Waals surface area contributed by atoms with E-state index < -0.39 is 0 Å². The summed E-state index contributed by atoms with van der Waals surface area (Å²) in [4.78, 5) is 2.33. The number of benzene rings is 8. The molecule has 1 heteroatoms. The van der Waals surface area contributed by atoms with Gasteiger partial charge in [-0.3, -0.25) is 0 Å². The Kier molecular flexibility index (Phi) is 7.21. The SMILES string of the molecule is CC1(C)c2cc(-c3ccc(N(c4ccccc4)c4ccc(-c5ccccc5)cc4)cc3)ccc2-c2c(-c3ccccc3)ccc3cccc1c23. The number of hydrogen-bond acceptors (Lipinski definition) is 1. The van der Waals surface area contributed by atoms with E-state index in [2.05, 4.69) is 207 Å². The van der Waals surface area contributed by atoms with E-state index in [-0.39, 0.29) is 5.41 Å². The molecule has 0 aliphatic heterocycles. The van der Waals surface area contributed by atoms with Crippen LogP contribution in [0, 0.1) is 0 Å². The van der Waals surface area contributed by atoms with Crippen molar-refractivity contribution >= 4 is 27.8 Å². The third-order valence-corrected chi connectivity index (χ3v) is 10.5. The molecule has 0 atom stereocenters. The summed E-state index contributed by atoms with van der Waals surface area (Å²) >= 11 is 0. The van der Waals surface area contributed by atoms with Gasteiger partial charge in [-0.2, -0.15) is 0 Å². The van der Waals surface area contributed by atoms with Gasteiger partial charge in [0.15, 0.2) is 0 Å². The summed E-state index contributed by atoms with van der Waals surface area (Å²) in [5, 5.41) is 2.68. The van der Waals surface area contributed by atoms with Crippen molar-refractivity contribution in [3.63, 3.8) is 0 Å². The second-order valence-electron chi connectivity index (χ2n) is 13.8. The van der Waals surface area contributed by atoms with E-state index in [4.69, 9.17) is 0 Å². The van der Waals surface area contributed by atoms with Gasteiger partial charge in [0.05, 0.1) is 0 Å². The van der Waals surface area contributed by atoms with Crippen LogP contribution in [0.5, 0.6) is 0 Å². The summed E-state index contributed by atoms with van der Waals surface area (Å²) < 4.78 is 0. The molecule has 0 fully saturated rings. The zero-order valence-corrected chi connectivity index (χ0v) is 28.3. The van der Waals surface area contributed by atoms with E-state index in [1.165, 1.54) is 66.4 Å². The molecule has 0 radical (unpaired) electrons. The first kappa shape index (κ1) is 29.9. The quantitative estimate of drug-likeness (QED) is 0.175. The second kappa shape index (κ2) is 12.1. The Bertz CT molecular complexity index is 2460. The number of rotatable bonds is 6. The number of nitrogens with zero attached hydrogens (tertiary/aromatic N) is 1. The molecule has 0 saturated heterocycles. The monoisotopic (exact) mass is 639 g/mol. The highest BCUT2D eigenvalue weighted by atomic mass is 15.1. The zero-order valence-electron chi connectivity index (χ0n) is 28.3. The zero-order chi connectivity index (χ0) is 33.7. The normalized spacial score (nSPS) is 12.8. The van der Waals surface area contributed by atoms with Gasteiger partial charge in [-0.1, -0.05) is 159 Å². The highest BCUT2D eigenvalue weighted by Crippen LogP contribution is 2.52. The molecule has 0 spiro atoms. The van der Waals surface area contributed by atoms with E-state index in [9.17, 15) is 0 Å². The van der Waals surface area contributed by atoms with Crippen LogP contribution in [-0.2, 0) is 5.41 Å². The molecule has 0 bridgehead atoms. The third kappa shape index (κ3) is 5.02. The van der Waals surface area contributed by atoms with Crippen molar-refractivity contribution in [1.29, 1.82) is 0 Å². The van der Waals surface area contributed by atoms with Crippen LogP contribution in [0.3, 0.4) is 0 Å². The third-order valence-electron chi connectivity index (χ3n) is 10.5. The fourth-order valence-corrected chi connectivity index (χ4v) is 7.90. The largest absolute Gasteiger partial charge is 0.311 e. The Morgan fingerprint density at radius 2 is 0.860 bits per heavy atom. The fraction of sp³-hybridized carbons (Fsp3) is 0.0612. The van der Waals surface area contributed by atoms with Gasteiger partial charge in [0.2, 0.25) is 0 Å². The van der Waals surface area contributed by atoms with Gasteiger partial charge in [0, 0.05) is 22.5 Å². The standard InChI is InChI=1S/C49H37N/c1-49(2)45-20-12-17-38-25-31-43(37-15-8-4-9-16-37)48(47(38)45)44-32-26-39(33-46(44)49)36-23-29-42(30-24-36)50(40-18-10-5-11-19-40)41-27-21-35(22-28-41)34-13-6-3-7-14-34/h3-33H,1-2H3. The average molecular weight is 640 g/mol. The minimum atomic E-state index is -0.150. The molecule has 0 saturated carbocycles. The highest BCUT2D eigenvalue weighted by Gasteiger charge is 2.35. The minimum absolute atomic E-state index is 0.150. The lowest BCUT2D eigenvalue weighted by Gasteiger charge is -2.36. The van der Waals surface area contributed by atoms with Crippen LogP contribution in [0.1, 0.15) is 25.0 Å².